The molecule has 0 radical (unpaired) electrons. The van der Waals surface area contributed by atoms with Gasteiger partial charge in [0.25, 0.3) is 0 Å². The SMILES string of the molecule is CC(C)(C)OC(=O)N1CCC2(CC1)CN[C@@H](C(=O)O)C2. The molecule has 114 valence electrons. The van der Waals surface area contributed by atoms with E-state index in [-0.39, 0.29) is 11.5 Å². The number of nitrogens with one attached hydrogen (secondary N) is 1. The molecule has 2 N–H and O–H groups in total. The van der Waals surface area contributed by atoms with E-state index in [0.29, 0.717) is 19.5 Å². The number of carbonyl (C=O) groups is 2. The van der Waals surface area contributed by atoms with Crippen molar-refractivity contribution in [3.05, 3.63) is 0 Å². The van der Waals surface area contributed by atoms with E-state index in [9.17, 15) is 9.59 Å². The van der Waals surface area contributed by atoms with E-state index in [1.54, 1.807) is 4.90 Å². The van der Waals surface area contributed by atoms with Gasteiger partial charge >= 0.3 is 12.1 Å². The zero-order chi connectivity index (χ0) is 15.0. The maximum atomic E-state index is 12.0. The fourth-order valence-electron chi connectivity index (χ4n) is 2.96. The van der Waals surface area contributed by atoms with Crippen LogP contribution in [0, 0.1) is 5.41 Å². The van der Waals surface area contributed by atoms with Crippen molar-refractivity contribution in [2.75, 3.05) is 19.6 Å². The first kappa shape index (κ1) is 15.1. The molecule has 2 aliphatic rings. The highest BCUT2D eigenvalue weighted by atomic mass is 16.6. The van der Waals surface area contributed by atoms with E-state index in [4.69, 9.17) is 9.84 Å². The largest absolute Gasteiger partial charge is 0.480 e. The Hall–Kier alpha value is -1.30. The van der Waals surface area contributed by atoms with Crippen molar-refractivity contribution < 1.29 is 19.4 Å². The Labute approximate surface area is 119 Å². The van der Waals surface area contributed by atoms with E-state index < -0.39 is 17.6 Å². The van der Waals surface area contributed by atoms with E-state index in [0.717, 1.165) is 19.4 Å². The average Bonchev–Trinajstić information content (AvgIpc) is 2.72. The Morgan fingerprint density at radius 2 is 1.90 bits per heavy atom. The lowest BCUT2D eigenvalue weighted by molar-refractivity contribution is -0.139. The number of likely N-dealkylation sites (tertiary alicyclic amines) is 1. The molecule has 1 atom stereocenters. The summed E-state index contributed by atoms with van der Waals surface area (Å²) in [6, 6.07) is -0.442. The summed E-state index contributed by atoms with van der Waals surface area (Å²) >= 11 is 0. The maximum absolute atomic E-state index is 12.0. The van der Waals surface area contributed by atoms with Gasteiger partial charge in [-0.15, -0.1) is 0 Å². The number of carboxylic acids is 1. The molecular weight excluding hydrogens is 260 g/mol. The highest BCUT2D eigenvalue weighted by Gasteiger charge is 2.44. The summed E-state index contributed by atoms with van der Waals surface area (Å²) in [4.78, 5) is 24.7. The van der Waals surface area contributed by atoms with Crippen LogP contribution in [0.5, 0.6) is 0 Å². The number of aliphatic carboxylic acids is 1. The van der Waals surface area contributed by atoms with Gasteiger partial charge in [-0.25, -0.2) is 4.79 Å². The highest BCUT2D eigenvalue weighted by molar-refractivity contribution is 5.74. The Kier molecular flexibility index (Phi) is 3.95. The zero-order valence-electron chi connectivity index (χ0n) is 12.4. The second-order valence-electron chi connectivity index (χ2n) is 6.94. The predicted molar refractivity (Wildman–Crippen MR) is 73.5 cm³/mol. The summed E-state index contributed by atoms with van der Waals surface area (Å²) in [5.41, 5.74) is -0.447. The number of carboxylic acid groups (broad SMARTS) is 1. The topological polar surface area (TPSA) is 78.9 Å². The monoisotopic (exact) mass is 284 g/mol. The second-order valence-corrected chi connectivity index (χ2v) is 6.94. The lowest BCUT2D eigenvalue weighted by Gasteiger charge is -2.39. The van der Waals surface area contributed by atoms with Crippen LogP contribution < -0.4 is 5.32 Å². The Balaban J connectivity index is 1.87. The van der Waals surface area contributed by atoms with Crippen molar-refractivity contribution in [1.29, 1.82) is 0 Å². The molecule has 2 saturated heterocycles. The van der Waals surface area contributed by atoms with E-state index in [1.165, 1.54) is 0 Å². The van der Waals surface area contributed by atoms with Crippen LogP contribution in [0.3, 0.4) is 0 Å². The summed E-state index contributed by atoms with van der Waals surface area (Å²) in [5, 5.41) is 12.1. The fourth-order valence-corrected chi connectivity index (χ4v) is 2.96. The quantitative estimate of drug-likeness (QED) is 0.762. The smallest absolute Gasteiger partial charge is 0.410 e. The van der Waals surface area contributed by atoms with Gasteiger partial charge in [0.2, 0.25) is 0 Å². The minimum Gasteiger partial charge on any atom is -0.480 e. The maximum Gasteiger partial charge on any atom is 0.410 e. The van der Waals surface area contributed by atoms with Crippen molar-refractivity contribution in [1.82, 2.24) is 10.2 Å². The first-order chi connectivity index (χ1) is 9.21. The van der Waals surface area contributed by atoms with Gasteiger partial charge in [0.1, 0.15) is 11.6 Å². The Morgan fingerprint density at radius 1 is 1.30 bits per heavy atom. The van der Waals surface area contributed by atoms with Gasteiger partial charge in [-0.1, -0.05) is 0 Å². The normalized spacial score (nSPS) is 25.8. The Bertz CT molecular complexity index is 394. The van der Waals surface area contributed by atoms with Crippen molar-refractivity contribution in [3.63, 3.8) is 0 Å². The van der Waals surface area contributed by atoms with Crippen LogP contribution in [0.4, 0.5) is 4.79 Å². The molecule has 0 unspecified atom stereocenters. The second kappa shape index (κ2) is 5.24. The molecule has 0 aliphatic carbocycles. The van der Waals surface area contributed by atoms with E-state index >= 15 is 0 Å². The molecule has 0 aromatic rings. The molecule has 0 aromatic carbocycles. The molecule has 0 saturated carbocycles. The molecule has 2 rings (SSSR count). The van der Waals surface area contributed by atoms with Crippen molar-refractivity contribution in [3.8, 4) is 0 Å². The molecule has 1 spiro atoms. The number of ether oxygens (including phenoxy) is 1. The van der Waals surface area contributed by atoms with Crippen LogP contribution in [0.1, 0.15) is 40.0 Å². The number of amides is 1. The van der Waals surface area contributed by atoms with Crippen LogP contribution in [0.15, 0.2) is 0 Å². The minimum atomic E-state index is -0.781. The molecule has 0 bridgehead atoms. The summed E-state index contributed by atoms with van der Waals surface area (Å²) in [5.74, 6) is -0.781. The van der Waals surface area contributed by atoms with Gasteiger partial charge in [0, 0.05) is 19.6 Å². The Morgan fingerprint density at radius 3 is 2.35 bits per heavy atom. The fraction of sp³-hybridized carbons (Fsp3) is 0.857. The molecule has 20 heavy (non-hydrogen) atoms. The molecule has 0 aromatic heterocycles. The molecular formula is C14H24N2O4. The summed E-state index contributed by atoms with van der Waals surface area (Å²) in [6.07, 6.45) is 2.06. The average molecular weight is 284 g/mol. The first-order valence-corrected chi connectivity index (χ1v) is 7.15. The lowest BCUT2D eigenvalue weighted by atomic mass is 9.76. The zero-order valence-corrected chi connectivity index (χ0v) is 12.4. The van der Waals surface area contributed by atoms with Gasteiger partial charge < -0.3 is 20.1 Å². The molecule has 2 aliphatic heterocycles. The van der Waals surface area contributed by atoms with Crippen LogP contribution in [0.2, 0.25) is 0 Å². The third-order valence-electron chi connectivity index (χ3n) is 4.13. The van der Waals surface area contributed by atoms with Gasteiger partial charge in [-0.3, -0.25) is 4.79 Å². The number of rotatable bonds is 1. The van der Waals surface area contributed by atoms with Gasteiger partial charge in [0.15, 0.2) is 0 Å². The number of carbonyl (C=O) groups excluding carboxylic acids is 1. The molecule has 6 heteroatoms. The predicted octanol–water partition coefficient (Wildman–Crippen LogP) is 1.45. The summed E-state index contributed by atoms with van der Waals surface area (Å²) < 4.78 is 5.36. The molecule has 2 heterocycles. The molecule has 6 nitrogen and oxygen atoms in total. The van der Waals surface area contributed by atoms with Crippen LogP contribution in [-0.2, 0) is 9.53 Å². The number of piperidine rings is 1. The first-order valence-electron chi connectivity index (χ1n) is 7.15. The van der Waals surface area contributed by atoms with Crippen molar-refractivity contribution in [2.45, 2.75) is 51.7 Å². The van der Waals surface area contributed by atoms with Crippen LogP contribution >= 0.6 is 0 Å². The van der Waals surface area contributed by atoms with Crippen LogP contribution in [0.25, 0.3) is 0 Å². The van der Waals surface area contributed by atoms with Crippen molar-refractivity contribution in [2.24, 2.45) is 5.41 Å². The van der Waals surface area contributed by atoms with Crippen molar-refractivity contribution >= 4 is 12.1 Å². The summed E-state index contributed by atoms with van der Waals surface area (Å²) in [7, 11) is 0. The lowest BCUT2D eigenvalue weighted by Crippen LogP contribution is -2.45. The van der Waals surface area contributed by atoms with E-state index in [1.807, 2.05) is 20.8 Å². The van der Waals surface area contributed by atoms with Crippen LogP contribution in [-0.4, -0.2) is 53.3 Å². The third kappa shape index (κ3) is 3.42. The number of hydrogen-bond acceptors (Lipinski definition) is 4. The highest BCUT2D eigenvalue weighted by Crippen LogP contribution is 2.39. The molecule has 1 amide bonds. The number of nitrogens with zero attached hydrogens (tertiary/aromatic N) is 1. The third-order valence-corrected chi connectivity index (χ3v) is 4.13. The number of hydrogen-bond donors (Lipinski definition) is 2. The van der Waals surface area contributed by atoms with Gasteiger partial charge in [0.05, 0.1) is 0 Å². The van der Waals surface area contributed by atoms with E-state index in [2.05, 4.69) is 5.32 Å². The standard InChI is InChI=1S/C14H24N2O4/c1-13(2,3)20-12(19)16-6-4-14(5-7-16)8-10(11(17)18)15-9-14/h10,15H,4-9H2,1-3H3,(H,17,18)/t10-/m1/s1. The molecule has 2 fully saturated rings. The van der Waals surface area contributed by atoms with Gasteiger partial charge in [-0.2, -0.15) is 0 Å². The summed E-state index contributed by atoms with van der Waals surface area (Å²) in [6.45, 7) is 7.58. The minimum absolute atomic E-state index is 0.0293. The van der Waals surface area contributed by atoms with Gasteiger partial charge in [-0.05, 0) is 45.4 Å².